The third-order valence-corrected chi connectivity index (χ3v) is 3.01. The first kappa shape index (κ1) is 12.2. The molecule has 0 bridgehead atoms. The van der Waals surface area contributed by atoms with Gasteiger partial charge in [0.2, 0.25) is 0 Å². The third kappa shape index (κ3) is 2.54. The Balaban J connectivity index is 2.36. The first-order valence-corrected chi connectivity index (χ1v) is 5.90. The van der Waals surface area contributed by atoms with Gasteiger partial charge in [-0.15, -0.1) is 0 Å². The predicted octanol–water partition coefficient (Wildman–Crippen LogP) is 1.85. The van der Waals surface area contributed by atoms with E-state index in [1.807, 2.05) is 4.90 Å². The van der Waals surface area contributed by atoms with Crippen LogP contribution in [0.5, 0.6) is 0 Å². The van der Waals surface area contributed by atoms with Gasteiger partial charge in [-0.3, -0.25) is 0 Å². The van der Waals surface area contributed by atoms with Crippen LogP contribution in [0.2, 0.25) is 0 Å². The topological polar surface area (TPSA) is 90.4 Å². The van der Waals surface area contributed by atoms with Gasteiger partial charge in [-0.25, -0.2) is 4.79 Å². The first-order valence-electron chi connectivity index (χ1n) is 5.90. The lowest BCUT2D eigenvalue weighted by molar-refractivity contribution is 0.0697. The van der Waals surface area contributed by atoms with Gasteiger partial charge in [-0.2, -0.15) is 5.26 Å². The maximum absolute atomic E-state index is 11.2. The van der Waals surface area contributed by atoms with Crippen molar-refractivity contribution in [2.24, 2.45) is 0 Å². The second kappa shape index (κ2) is 4.96. The Bertz CT molecular complexity index is 503. The molecule has 2 rings (SSSR count). The monoisotopic (exact) mass is 245 g/mol. The molecule has 0 heterocycles. The number of benzene rings is 1. The van der Waals surface area contributed by atoms with Crippen molar-refractivity contribution < 1.29 is 9.90 Å². The molecule has 1 aromatic carbocycles. The van der Waals surface area contributed by atoms with Crippen molar-refractivity contribution >= 4 is 17.3 Å². The molecule has 5 nitrogen and oxygen atoms in total. The van der Waals surface area contributed by atoms with Gasteiger partial charge >= 0.3 is 5.97 Å². The van der Waals surface area contributed by atoms with E-state index in [4.69, 9.17) is 11.0 Å². The number of aromatic carboxylic acids is 1. The molecule has 5 heteroatoms. The maximum atomic E-state index is 11.2. The Hall–Kier alpha value is -2.22. The standard InChI is InChI=1S/C13H15N3O2/c14-6-1-7-16(10-3-4-10)12-8-9(15)2-5-11(12)13(17)18/h2,5,8,10H,1,3-4,7,15H2,(H,17,18). The minimum absolute atomic E-state index is 0.244. The molecular weight excluding hydrogens is 230 g/mol. The number of carboxylic acid groups (broad SMARTS) is 1. The van der Waals surface area contributed by atoms with Crippen molar-refractivity contribution in [3.05, 3.63) is 23.8 Å². The van der Waals surface area contributed by atoms with Crippen molar-refractivity contribution in [2.75, 3.05) is 17.2 Å². The van der Waals surface area contributed by atoms with Crippen molar-refractivity contribution in [1.29, 1.82) is 5.26 Å². The van der Waals surface area contributed by atoms with E-state index in [2.05, 4.69) is 6.07 Å². The predicted molar refractivity (Wildman–Crippen MR) is 68.4 cm³/mol. The highest BCUT2D eigenvalue weighted by Gasteiger charge is 2.31. The lowest BCUT2D eigenvalue weighted by Gasteiger charge is -2.25. The summed E-state index contributed by atoms with van der Waals surface area (Å²) in [6.45, 7) is 0.547. The molecule has 1 aliphatic carbocycles. The van der Waals surface area contributed by atoms with Crippen LogP contribution in [0.4, 0.5) is 11.4 Å². The fourth-order valence-electron chi connectivity index (χ4n) is 2.02. The summed E-state index contributed by atoms with van der Waals surface area (Å²) < 4.78 is 0. The molecule has 94 valence electrons. The smallest absolute Gasteiger partial charge is 0.337 e. The van der Waals surface area contributed by atoms with E-state index in [-0.39, 0.29) is 5.56 Å². The first-order chi connectivity index (χ1) is 8.63. The van der Waals surface area contributed by atoms with E-state index in [1.165, 1.54) is 6.07 Å². The fourth-order valence-corrected chi connectivity index (χ4v) is 2.02. The van der Waals surface area contributed by atoms with E-state index in [9.17, 15) is 9.90 Å². The molecule has 0 aromatic heterocycles. The molecule has 0 amide bonds. The molecule has 1 aliphatic rings. The molecule has 0 spiro atoms. The van der Waals surface area contributed by atoms with Crippen LogP contribution in [0.1, 0.15) is 29.6 Å². The SMILES string of the molecule is N#CCCN(c1cc(N)ccc1C(=O)O)C1CC1. The second-order valence-electron chi connectivity index (χ2n) is 4.41. The van der Waals surface area contributed by atoms with Gasteiger partial charge in [0.15, 0.2) is 0 Å². The molecule has 18 heavy (non-hydrogen) atoms. The minimum Gasteiger partial charge on any atom is -0.478 e. The number of nitrogen functional groups attached to an aromatic ring is 1. The Morgan fingerprint density at radius 2 is 2.28 bits per heavy atom. The number of rotatable bonds is 5. The van der Waals surface area contributed by atoms with Crippen LogP contribution in [0.25, 0.3) is 0 Å². The fraction of sp³-hybridized carbons (Fsp3) is 0.385. The Labute approximate surface area is 105 Å². The normalized spacial score (nSPS) is 13.9. The van der Waals surface area contributed by atoms with Gasteiger partial charge < -0.3 is 15.7 Å². The number of anilines is 2. The Kier molecular flexibility index (Phi) is 3.38. The summed E-state index contributed by atoms with van der Waals surface area (Å²) >= 11 is 0. The van der Waals surface area contributed by atoms with E-state index >= 15 is 0 Å². The van der Waals surface area contributed by atoms with Crippen LogP contribution in [-0.4, -0.2) is 23.7 Å². The van der Waals surface area contributed by atoms with Crippen molar-refractivity contribution in [2.45, 2.75) is 25.3 Å². The zero-order valence-electron chi connectivity index (χ0n) is 9.97. The van der Waals surface area contributed by atoms with Crippen molar-refractivity contribution in [1.82, 2.24) is 0 Å². The van der Waals surface area contributed by atoms with Gasteiger partial charge in [-0.1, -0.05) is 0 Å². The maximum Gasteiger partial charge on any atom is 0.337 e. The minimum atomic E-state index is -0.965. The van der Waals surface area contributed by atoms with E-state index in [0.29, 0.717) is 30.4 Å². The van der Waals surface area contributed by atoms with E-state index in [0.717, 1.165) is 12.8 Å². The summed E-state index contributed by atoms with van der Waals surface area (Å²) in [4.78, 5) is 13.2. The van der Waals surface area contributed by atoms with Crippen LogP contribution < -0.4 is 10.6 Å². The number of carboxylic acids is 1. The van der Waals surface area contributed by atoms with Gasteiger partial charge in [0.25, 0.3) is 0 Å². The molecule has 0 atom stereocenters. The molecule has 1 fully saturated rings. The summed E-state index contributed by atoms with van der Waals surface area (Å²) in [7, 11) is 0. The van der Waals surface area contributed by atoms with Crippen LogP contribution >= 0.6 is 0 Å². The summed E-state index contributed by atoms with van der Waals surface area (Å²) in [5, 5.41) is 17.9. The zero-order chi connectivity index (χ0) is 13.1. The number of nitrogens with zero attached hydrogens (tertiary/aromatic N) is 2. The van der Waals surface area contributed by atoms with Gasteiger partial charge in [0.05, 0.1) is 23.7 Å². The zero-order valence-corrected chi connectivity index (χ0v) is 9.97. The average molecular weight is 245 g/mol. The number of carbonyl (C=O) groups is 1. The van der Waals surface area contributed by atoms with Gasteiger partial charge in [-0.05, 0) is 31.0 Å². The highest BCUT2D eigenvalue weighted by Crippen LogP contribution is 2.34. The van der Waals surface area contributed by atoms with Gasteiger partial charge in [0.1, 0.15) is 0 Å². The van der Waals surface area contributed by atoms with E-state index in [1.54, 1.807) is 12.1 Å². The second-order valence-corrected chi connectivity index (χ2v) is 4.41. The molecule has 3 N–H and O–H groups in total. The quantitative estimate of drug-likeness (QED) is 0.772. The molecule has 0 aliphatic heterocycles. The van der Waals surface area contributed by atoms with Crippen molar-refractivity contribution in [3.63, 3.8) is 0 Å². The molecule has 0 radical (unpaired) electrons. The Morgan fingerprint density at radius 3 is 2.83 bits per heavy atom. The number of hydrogen-bond donors (Lipinski definition) is 2. The molecule has 0 saturated heterocycles. The summed E-state index contributed by atoms with van der Waals surface area (Å²) in [5.74, 6) is -0.965. The van der Waals surface area contributed by atoms with Crippen LogP contribution in [0.15, 0.2) is 18.2 Å². The third-order valence-electron chi connectivity index (χ3n) is 3.01. The number of nitrogens with two attached hydrogens (primary N) is 1. The number of hydrogen-bond acceptors (Lipinski definition) is 4. The largest absolute Gasteiger partial charge is 0.478 e. The van der Waals surface area contributed by atoms with Gasteiger partial charge in [0, 0.05) is 18.3 Å². The molecule has 0 unspecified atom stereocenters. The summed E-state index contributed by atoms with van der Waals surface area (Å²) in [6, 6.07) is 7.23. The van der Waals surface area contributed by atoms with Crippen LogP contribution in [-0.2, 0) is 0 Å². The highest BCUT2D eigenvalue weighted by molar-refractivity contribution is 5.95. The molecule has 1 aromatic rings. The Morgan fingerprint density at radius 1 is 1.56 bits per heavy atom. The number of nitriles is 1. The summed E-state index contributed by atoms with van der Waals surface area (Å²) in [6.07, 6.45) is 2.46. The van der Waals surface area contributed by atoms with Crippen molar-refractivity contribution in [3.8, 4) is 6.07 Å². The lowest BCUT2D eigenvalue weighted by atomic mass is 10.1. The highest BCUT2D eigenvalue weighted by atomic mass is 16.4. The van der Waals surface area contributed by atoms with Crippen LogP contribution in [0.3, 0.4) is 0 Å². The molecule has 1 saturated carbocycles. The molecular formula is C13H15N3O2. The van der Waals surface area contributed by atoms with E-state index < -0.39 is 5.97 Å². The lowest BCUT2D eigenvalue weighted by Crippen LogP contribution is -2.28. The average Bonchev–Trinajstić information content (AvgIpc) is 3.13. The van der Waals surface area contributed by atoms with Crippen LogP contribution in [0, 0.1) is 11.3 Å². The summed E-state index contributed by atoms with van der Waals surface area (Å²) in [5.41, 5.74) is 7.14.